The first-order valence-electron chi connectivity index (χ1n) is 5.02. The first-order valence-corrected chi connectivity index (χ1v) is 5.39. The summed E-state index contributed by atoms with van der Waals surface area (Å²) in [7, 11) is 0. The van der Waals surface area contributed by atoms with Crippen LogP contribution in [0.4, 0.5) is 4.39 Å². The van der Waals surface area contributed by atoms with Crippen LogP contribution in [-0.2, 0) is 11.3 Å². The molecule has 1 aromatic carbocycles. The Morgan fingerprint density at radius 2 is 2.29 bits per heavy atom. The number of hydrogen-bond donors (Lipinski definition) is 1. The zero-order chi connectivity index (χ0) is 12.8. The molecule has 0 radical (unpaired) electrons. The summed E-state index contributed by atoms with van der Waals surface area (Å²) in [5, 5.41) is 8.77. The maximum atomic E-state index is 13.2. The Hall–Kier alpha value is -1.39. The first kappa shape index (κ1) is 13.7. The third-order valence-corrected chi connectivity index (χ3v) is 2.44. The fourth-order valence-corrected chi connectivity index (χ4v) is 1.57. The molecular formula is C12H13ClFNO2. The van der Waals surface area contributed by atoms with Crippen LogP contribution in [0.25, 0.3) is 0 Å². The van der Waals surface area contributed by atoms with Crippen molar-refractivity contribution in [2.75, 3.05) is 13.1 Å². The predicted molar refractivity (Wildman–Crippen MR) is 64.5 cm³/mol. The second kappa shape index (κ2) is 6.37. The highest BCUT2D eigenvalue weighted by Crippen LogP contribution is 2.16. The number of hydrogen-bond acceptors (Lipinski definition) is 2. The van der Waals surface area contributed by atoms with E-state index in [-0.39, 0.29) is 11.6 Å². The second-order valence-electron chi connectivity index (χ2n) is 3.60. The molecule has 0 aliphatic rings. The van der Waals surface area contributed by atoms with Gasteiger partial charge in [-0.3, -0.25) is 9.69 Å². The maximum absolute atomic E-state index is 13.2. The average molecular weight is 258 g/mol. The summed E-state index contributed by atoms with van der Waals surface area (Å²) < 4.78 is 13.2. The van der Waals surface area contributed by atoms with Crippen molar-refractivity contribution in [3.05, 3.63) is 47.3 Å². The lowest BCUT2D eigenvalue weighted by Crippen LogP contribution is -2.29. The number of benzene rings is 1. The standard InChI is InChI=1S/C12H13ClFNO2/c1-2-5-15(8-12(16)17)7-9-3-4-10(13)11(14)6-9/h2-4,6H,1,5,7-8H2,(H,16,17). The summed E-state index contributed by atoms with van der Waals surface area (Å²) in [4.78, 5) is 12.3. The van der Waals surface area contributed by atoms with Gasteiger partial charge in [0.2, 0.25) is 0 Å². The Kier molecular flexibility index (Phi) is 5.12. The molecule has 5 heteroatoms. The van der Waals surface area contributed by atoms with Crippen molar-refractivity contribution in [3.63, 3.8) is 0 Å². The minimum absolute atomic E-state index is 0.0576. The van der Waals surface area contributed by atoms with Crippen LogP contribution in [0.1, 0.15) is 5.56 Å². The fourth-order valence-electron chi connectivity index (χ4n) is 1.46. The summed E-state index contributed by atoms with van der Waals surface area (Å²) in [6, 6.07) is 4.43. The summed E-state index contributed by atoms with van der Waals surface area (Å²) in [5.41, 5.74) is 0.676. The number of nitrogens with zero attached hydrogens (tertiary/aromatic N) is 1. The van der Waals surface area contributed by atoms with Gasteiger partial charge < -0.3 is 5.11 Å². The maximum Gasteiger partial charge on any atom is 0.317 e. The van der Waals surface area contributed by atoms with Crippen LogP contribution in [0, 0.1) is 5.82 Å². The molecule has 17 heavy (non-hydrogen) atoms. The van der Waals surface area contributed by atoms with E-state index in [1.807, 2.05) is 0 Å². The number of carboxylic acids is 1. The van der Waals surface area contributed by atoms with E-state index in [2.05, 4.69) is 6.58 Å². The van der Waals surface area contributed by atoms with Gasteiger partial charge in [0.15, 0.2) is 0 Å². The molecule has 0 aliphatic carbocycles. The van der Waals surface area contributed by atoms with E-state index in [9.17, 15) is 9.18 Å². The monoisotopic (exact) mass is 257 g/mol. The van der Waals surface area contributed by atoms with Crippen molar-refractivity contribution < 1.29 is 14.3 Å². The lowest BCUT2D eigenvalue weighted by Gasteiger charge is -2.18. The molecule has 0 heterocycles. The van der Waals surface area contributed by atoms with Crippen LogP contribution < -0.4 is 0 Å². The van der Waals surface area contributed by atoms with Crippen molar-refractivity contribution in [2.45, 2.75) is 6.54 Å². The molecule has 0 atom stereocenters. The fraction of sp³-hybridized carbons (Fsp3) is 0.250. The van der Waals surface area contributed by atoms with E-state index in [4.69, 9.17) is 16.7 Å². The Morgan fingerprint density at radius 1 is 1.59 bits per heavy atom. The van der Waals surface area contributed by atoms with Crippen molar-refractivity contribution in [1.82, 2.24) is 4.90 Å². The molecule has 0 saturated heterocycles. The topological polar surface area (TPSA) is 40.5 Å². The van der Waals surface area contributed by atoms with Crippen molar-refractivity contribution in [1.29, 1.82) is 0 Å². The van der Waals surface area contributed by atoms with Gasteiger partial charge in [0.25, 0.3) is 0 Å². The van der Waals surface area contributed by atoms with Crippen LogP contribution in [0.2, 0.25) is 5.02 Å². The molecule has 0 unspecified atom stereocenters. The minimum Gasteiger partial charge on any atom is -0.480 e. The molecule has 92 valence electrons. The third kappa shape index (κ3) is 4.54. The predicted octanol–water partition coefficient (Wildman–Crippen LogP) is 2.55. The molecule has 0 aromatic heterocycles. The number of carboxylic acid groups (broad SMARTS) is 1. The average Bonchev–Trinajstić information content (AvgIpc) is 2.23. The highest BCUT2D eigenvalue weighted by molar-refractivity contribution is 6.30. The number of aliphatic carboxylic acids is 1. The van der Waals surface area contributed by atoms with Gasteiger partial charge in [0.1, 0.15) is 5.82 Å². The van der Waals surface area contributed by atoms with E-state index >= 15 is 0 Å². The van der Waals surface area contributed by atoms with Crippen molar-refractivity contribution in [3.8, 4) is 0 Å². The number of halogens is 2. The van der Waals surface area contributed by atoms with Crippen LogP contribution in [0.3, 0.4) is 0 Å². The zero-order valence-electron chi connectivity index (χ0n) is 9.20. The molecule has 1 aromatic rings. The highest BCUT2D eigenvalue weighted by atomic mass is 35.5. The van der Waals surface area contributed by atoms with E-state index in [1.54, 1.807) is 17.0 Å². The molecular weight excluding hydrogens is 245 g/mol. The smallest absolute Gasteiger partial charge is 0.317 e. The Morgan fingerprint density at radius 3 is 2.82 bits per heavy atom. The van der Waals surface area contributed by atoms with Gasteiger partial charge in [0.05, 0.1) is 11.6 Å². The molecule has 0 aliphatic heterocycles. The SMILES string of the molecule is C=CCN(CC(=O)O)Cc1ccc(Cl)c(F)c1. The van der Waals surface area contributed by atoms with Crippen LogP contribution >= 0.6 is 11.6 Å². The Balaban J connectivity index is 2.74. The van der Waals surface area contributed by atoms with Gasteiger partial charge in [-0.15, -0.1) is 6.58 Å². The van der Waals surface area contributed by atoms with E-state index in [0.717, 1.165) is 0 Å². The second-order valence-corrected chi connectivity index (χ2v) is 4.01. The van der Waals surface area contributed by atoms with Gasteiger partial charge in [-0.2, -0.15) is 0 Å². The first-order chi connectivity index (χ1) is 8.02. The van der Waals surface area contributed by atoms with Crippen LogP contribution in [0.15, 0.2) is 30.9 Å². The van der Waals surface area contributed by atoms with Crippen molar-refractivity contribution >= 4 is 17.6 Å². The minimum atomic E-state index is -0.929. The summed E-state index contributed by atoms with van der Waals surface area (Å²) in [5.74, 6) is -1.43. The van der Waals surface area contributed by atoms with Gasteiger partial charge >= 0.3 is 5.97 Å². The molecule has 0 saturated carbocycles. The largest absolute Gasteiger partial charge is 0.480 e. The normalized spacial score (nSPS) is 10.5. The molecule has 3 nitrogen and oxygen atoms in total. The van der Waals surface area contributed by atoms with E-state index < -0.39 is 11.8 Å². The van der Waals surface area contributed by atoms with Crippen LogP contribution in [-0.4, -0.2) is 29.1 Å². The summed E-state index contributed by atoms with van der Waals surface area (Å²) >= 11 is 5.56. The summed E-state index contributed by atoms with van der Waals surface area (Å²) in [6.45, 7) is 4.20. The van der Waals surface area contributed by atoms with Crippen LogP contribution in [0.5, 0.6) is 0 Å². The summed E-state index contributed by atoms with van der Waals surface area (Å²) in [6.07, 6.45) is 1.61. The van der Waals surface area contributed by atoms with Gasteiger partial charge in [-0.25, -0.2) is 4.39 Å². The third-order valence-electron chi connectivity index (χ3n) is 2.14. The van der Waals surface area contributed by atoms with E-state index in [0.29, 0.717) is 18.7 Å². The molecule has 0 amide bonds. The van der Waals surface area contributed by atoms with Gasteiger partial charge in [-0.05, 0) is 17.7 Å². The van der Waals surface area contributed by atoms with Gasteiger partial charge in [-0.1, -0.05) is 23.7 Å². The van der Waals surface area contributed by atoms with Gasteiger partial charge in [0, 0.05) is 13.1 Å². The molecule has 0 bridgehead atoms. The molecule has 0 spiro atoms. The van der Waals surface area contributed by atoms with Crippen molar-refractivity contribution in [2.24, 2.45) is 0 Å². The Bertz CT molecular complexity index is 423. The number of carbonyl (C=O) groups is 1. The zero-order valence-corrected chi connectivity index (χ0v) is 9.95. The lowest BCUT2D eigenvalue weighted by atomic mass is 10.2. The lowest BCUT2D eigenvalue weighted by molar-refractivity contribution is -0.138. The molecule has 1 rings (SSSR count). The molecule has 1 N–H and O–H groups in total. The highest BCUT2D eigenvalue weighted by Gasteiger charge is 2.10. The Labute approximate surface area is 104 Å². The van der Waals surface area contributed by atoms with E-state index in [1.165, 1.54) is 12.1 Å². The number of rotatable bonds is 6. The molecule has 0 fully saturated rings. The quantitative estimate of drug-likeness (QED) is 0.797.